The van der Waals surface area contributed by atoms with Crippen molar-refractivity contribution in [2.75, 3.05) is 17.7 Å². The van der Waals surface area contributed by atoms with Gasteiger partial charge in [0.15, 0.2) is 0 Å². The second kappa shape index (κ2) is 5.42. The Morgan fingerprint density at radius 3 is 2.95 bits per heavy atom. The molecule has 3 rings (SSSR count). The van der Waals surface area contributed by atoms with Gasteiger partial charge in [0.2, 0.25) is 0 Å². The third-order valence-corrected chi connectivity index (χ3v) is 4.54. The monoisotopic (exact) mass is 347 g/mol. The molecule has 3 nitrogen and oxygen atoms in total. The number of hydrogen-bond donors (Lipinski definition) is 1. The summed E-state index contributed by atoms with van der Waals surface area (Å²) in [6.07, 6.45) is 1.73. The van der Waals surface area contributed by atoms with E-state index in [0.29, 0.717) is 5.69 Å². The summed E-state index contributed by atoms with van der Waals surface area (Å²) in [4.78, 5) is 7.88. The standard InChI is InChI=1S/C15H14BrN3S/c1-19(9-11-3-2-6-20-11)15-12-7-10(16)4-5-14(12)18-8-13(15)17/h2-8H,9,17H2,1H3. The molecule has 0 atom stereocenters. The fourth-order valence-corrected chi connectivity index (χ4v) is 3.43. The van der Waals surface area contributed by atoms with E-state index in [1.807, 2.05) is 12.1 Å². The van der Waals surface area contributed by atoms with Crippen molar-refractivity contribution in [3.05, 3.63) is 51.3 Å². The fraction of sp³-hybridized carbons (Fsp3) is 0.133. The molecule has 1 aromatic carbocycles. The maximum atomic E-state index is 6.15. The third kappa shape index (κ3) is 2.51. The second-order valence-electron chi connectivity index (χ2n) is 4.66. The number of halogens is 1. The van der Waals surface area contributed by atoms with Crippen molar-refractivity contribution in [2.45, 2.75) is 6.54 Å². The summed E-state index contributed by atoms with van der Waals surface area (Å²) in [7, 11) is 2.06. The summed E-state index contributed by atoms with van der Waals surface area (Å²) in [5.41, 5.74) is 8.84. The zero-order valence-electron chi connectivity index (χ0n) is 11.0. The van der Waals surface area contributed by atoms with Crippen LogP contribution in [0.3, 0.4) is 0 Å². The van der Waals surface area contributed by atoms with Crippen LogP contribution in [-0.4, -0.2) is 12.0 Å². The minimum atomic E-state index is 0.703. The molecule has 2 N–H and O–H groups in total. The normalized spacial score (nSPS) is 10.9. The van der Waals surface area contributed by atoms with Crippen LogP contribution < -0.4 is 10.6 Å². The van der Waals surface area contributed by atoms with E-state index in [9.17, 15) is 0 Å². The molecule has 0 saturated carbocycles. The number of anilines is 2. The Kier molecular flexibility index (Phi) is 3.63. The van der Waals surface area contributed by atoms with Crippen molar-refractivity contribution < 1.29 is 0 Å². The molecule has 0 aliphatic heterocycles. The molecular formula is C15H14BrN3S. The Morgan fingerprint density at radius 1 is 1.35 bits per heavy atom. The molecule has 0 radical (unpaired) electrons. The maximum Gasteiger partial charge on any atom is 0.0745 e. The number of benzene rings is 1. The van der Waals surface area contributed by atoms with Gasteiger partial charge in [-0.1, -0.05) is 22.0 Å². The molecular weight excluding hydrogens is 334 g/mol. The highest BCUT2D eigenvalue weighted by molar-refractivity contribution is 9.10. The average molecular weight is 348 g/mol. The summed E-state index contributed by atoms with van der Waals surface area (Å²) in [6.45, 7) is 0.841. The number of pyridine rings is 1. The van der Waals surface area contributed by atoms with E-state index in [1.165, 1.54) is 4.88 Å². The zero-order valence-corrected chi connectivity index (χ0v) is 13.4. The van der Waals surface area contributed by atoms with Gasteiger partial charge in [0.25, 0.3) is 0 Å². The molecule has 2 heterocycles. The lowest BCUT2D eigenvalue weighted by atomic mass is 10.1. The lowest BCUT2D eigenvalue weighted by molar-refractivity contribution is 0.946. The van der Waals surface area contributed by atoms with Crippen molar-refractivity contribution in [3.63, 3.8) is 0 Å². The first-order valence-electron chi connectivity index (χ1n) is 6.22. The van der Waals surface area contributed by atoms with Crippen LogP contribution in [0.5, 0.6) is 0 Å². The molecule has 0 fully saturated rings. The summed E-state index contributed by atoms with van der Waals surface area (Å²) in [6, 6.07) is 10.3. The lowest BCUT2D eigenvalue weighted by Crippen LogP contribution is -2.17. The van der Waals surface area contributed by atoms with Crippen molar-refractivity contribution in [1.29, 1.82) is 0 Å². The minimum absolute atomic E-state index is 0.703. The molecule has 0 unspecified atom stereocenters. The van der Waals surface area contributed by atoms with Crippen LogP contribution in [-0.2, 0) is 6.54 Å². The third-order valence-electron chi connectivity index (χ3n) is 3.18. The van der Waals surface area contributed by atoms with Gasteiger partial charge in [-0.05, 0) is 29.6 Å². The highest BCUT2D eigenvalue weighted by atomic mass is 79.9. The van der Waals surface area contributed by atoms with Gasteiger partial charge in [-0.15, -0.1) is 11.3 Å². The van der Waals surface area contributed by atoms with Crippen LogP contribution in [0.1, 0.15) is 4.88 Å². The number of nitrogens with two attached hydrogens (primary N) is 1. The summed E-state index contributed by atoms with van der Waals surface area (Å²) in [5.74, 6) is 0. The van der Waals surface area contributed by atoms with E-state index in [0.717, 1.165) is 27.6 Å². The molecule has 0 aliphatic rings. The summed E-state index contributed by atoms with van der Waals surface area (Å²) >= 11 is 5.27. The average Bonchev–Trinajstić information content (AvgIpc) is 2.91. The van der Waals surface area contributed by atoms with Crippen LogP contribution in [0.4, 0.5) is 11.4 Å². The number of nitrogens with zero attached hydrogens (tertiary/aromatic N) is 2. The molecule has 20 heavy (non-hydrogen) atoms. The van der Waals surface area contributed by atoms with E-state index in [-0.39, 0.29) is 0 Å². The molecule has 0 aliphatic carbocycles. The van der Waals surface area contributed by atoms with Crippen LogP contribution >= 0.6 is 27.3 Å². The predicted molar refractivity (Wildman–Crippen MR) is 90.3 cm³/mol. The number of aromatic nitrogens is 1. The highest BCUT2D eigenvalue weighted by Crippen LogP contribution is 2.33. The van der Waals surface area contributed by atoms with Gasteiger partial charge in [-0.3, -0.25) is 4.98 Å². The molecule has 3 aromatic rings. The van der Waals surface area contributed by atoms with Crippen LogP contribution in [0.2, 0.25) is 0 Å². The van der Waals surface area contributed by atoms with Gasteiger partial charge >= 0.3 is 0 Å². The van der Waals surface area contributed by atoms with E-state index in [2.05, 4.69) is 56.4 Å². The Labute approximate surface area is 130 Å². The van der Waals surface area contributed by atoms with E-state index in [4.69, 9.17) is 5.73 Å². The molecule has 102 valence electrons. The van der Waals surface area contributed by atoms with Crippen LogP contribution in [0.25, 0.3) is 10.9 Å². The van der Waals surface area contributed by atoms with Crippen LogP contribution in [0.15, 0.2) is 46.4 Å². The van der Waals surface area contributed by atoms with Crippen molar-refractivity contribution >= 4 is 49.5 Å². The molecule has 2 aromatic heterocycles. The van der Waals surface area contributed by atoms with Gasteiger partial charge in [-0.25, -0.2) is 0 Å². The fourth-order valence-electron chi connectivity index (χ4n) is 2.31. The molecule has 5 heteroatoms. The topological polar surface area (TPSA) is 42.1 Å². The second-order valence-corrected chi connectivity index (χ2v) is 6.61. The largest absolute Gasteiger partial charge is 0.396 e. The number of fused-ring (bicyclic) bond motifs is 1. The van der Waals surface area contributed by atoms with Gasteiger partial charge in [0, 0.05) is 21.8 Å². The number of rotatable bonds is 3. The molecule has 0 bridgehead atoms. The van der Waals surface area contributed by atoms with Gasteiger partial charge in [0.05, 0.1) is 29.6 Å². The quantitative estimate of drug-likeness (QED) is 0.768. The number of thiophene rings is 1. The zero-order chi connectivity index (χ0) is 14.1. The van der Waals surface area contributed by atoms with Gasteiger partial charge in [0.1, 0.15) is 0 Å². The summed E-state index contributed by atoms with van der Waals surface area (Å²) < 4.78 is 1.03. The Balaban J connectivity index is 2.09. The lowest BCUT2D eigenvalue weighted by Gasteiger charge is -2.22. The Bertz CT molecular complexity index is 735. The maximum absolute atomic E-state index is 6.15. The highest BCUT2D eigenvalue weighted by Gasteiger charge is 2.12. The van der Waals surface area contributed by atoms with Gasteiger partial charge < -0.3 is 10.6 Å². The van der Waals surface area contributed by atoms with Gasteiger partial charge in [-0.2, -0.15) is 0 Å². The van der Waals surface area contributed by atoms with Crippen LogP contribution in [0, 0.1) is 0 Å². The molecule has 0 amide bonds. The number of nitrogen functional groups attached to an aromatic ring is 1. The van der Waals surface area contributed by atoms with E-state index in [1.54, 1.807) is 17.5 Å². The molecule has 0 spiro atoms. The SMILES string of the molecule is CN(Cc1cccs1)c1c(N)cnc2ccc(Br)cc12. The Hall–Kier alpha value is -1.59. The smallest absolute Gasteiger partial charge is 0.0745 e. The first-order valence-corrected chi connectivity index (χ1v) is 7.89. The predicted octanol–water partition coefficient (Wildman–Crippen LogP) is 4.28. The minimum Gasteiger partial charge on any atom is -0.396 e. The van der Waals surface area contributed by atoms with E-state index >= 15 is 0 Å². The van der Waals surface area contributed by atoms with Crippen molar-refractivity contribution in [1.82, 2.24) is 4.98 Å². The Morgan fingerprint density at radius 2 is 2.20 bits per heavy atom. The van der Waals surface area contributed by atoms with Crippen molar-refractivity contribution in [3.8, 4) is 0 Å². The first kappa shape index (κ1) is 13.4. The summed E-state index contributed by atoms with van der Waals surface area (Å²) in [5, 5.41) is 3.16. The van der Waals surface area contributed by atoms with E-state index < -0.39 is 0 Å². The molecule has 0 saturated heterocycles. The van der Waals surface area contributed by atoms with Crippen molar-refractivity contribution in [2.24, 2.45) is 0 Å². The number of hydrogen-bond acceptors (Lipinski definition) is 4. The first-order chi connectivity index (χ1) is 9.65.